The highest BCUT2D eigenvalue weighted by Crippen LogP contribution is 2.44. The van der Waals surface area contributed by atoms with E-state index < -0.39 is 29.3 Å². The Labute approximate surface area is 173 Å². The van der Waals surface area contributed by atoms with Crippen LogP contribution in [-0.2, 0) is 9.59 Å². The molecule has 1 amide bonds. The first-order valence-electron chi connectivity index (χ1n) is 8.62. The normalized spacial score (nSPS) is 18.1. The number of anilines is 1. The van der Waals surface area contributed by atoms with Gasteiger partial charge >= 0.3 is 5.91 Å². The van der Waals surface area contributed by atoms with Crippen LogP contribution in [0.4, 0.5) is 9.52 Å². The molecule has 1 aromatic heterocycles. The van der Waals surface area contributed by atoms with Crippen LogP contribution in [-0.4, -0.2) is 39.2 Å². The zero-order chi connectivity index (χ0) is 21.4. The van der Waals surface area contributed by atoms with Gasteiger partial charge in [-0.05, 0) is 42.0 Å². The minimum Gasteiger partial charge on any atom is -0.507 e. The van der Waals surface area contributed by atoms with Gasteiger partial charge in [-0.15, -0.1) is 10.2 Å². The van der Waals surface area contributed by atoms with E-state index in [4.69, 9.17) is 4.74 Å². The van der Waals surface area contributed by atoms with Gasteiger partial charge in [0, 0.05) is 5.56 Å². The number of phenolic OH excluding ortho intramolecular Hbond substituents is 1. The second-order valence-corrected chi connectivity index (χ2v) is 7.14. The summed E-state index contributed by atoms with van der Waals surface area (Å²) < 4.78 is 18.4. The van der Waals surface area contributed by atoms with Crippen molar-refractivity contribution in [2.45, 2.75) is 6.04 Å². The smallest absolute Gasteiger partial charge is 0.301 e. The molecule has 0 aliphatic carbocycles. The summed E-state index contributed by atoms with van der Waals surface area (Å²) >= 11 is 1.05. The molecule has 1 fully saturated rings. The van der Waals surface area contributed by atoms with Gasteiger partial charge in [-0.1, -0.05) is 17.4 Å². The Balaban J connectivity index is 1.95. The molecule has 4 rings (SSSR count). The van der Waals surface area contributed by atoms with E-state index in [0.29, 0.717) is 5.56 Å². The number of halogens is 1. The third-order valence-corrected chi connectivity index (χ3v) is 5.33. The number of hydrogen-bond donors (Lipinski definition) is 2. The molecule has 2 heterocycles. The lowest BCUT2D eigenvalue weighted by Gasteiger charge is -2.23. The zero-order valence-electron chi connectivity index (χ0n) is 15.4. The number of benzene rings is 2. The summed E-state index contributed by atoms with van der Waals surface area (Å²) in [6, 6.07) is 8.13. The zero-order valence-corrected chi connectivity index (χ0v) is 16.3. The lowest BCUT2D eigenvalue weighted by atomic mass is 9.95. The molecule has 3 aromatic rings. The standard InChI is InChI=1S/C20H14FN3O5S/c1-29-14-8-11(4-7-13(14)25)16-15(17(26)10-2-5-12(21)6-3-10)18(27)19(28)24(16)20-23-22-9-30-20/h2-9,16,25-26H,1H3/t16-/m0/s1. The van der Waals surface area contributed by atoms with Crippen LogP contribution < -0.4 is 9.64 Å². The van der Waals surface area contributed by atoms with Gasteiger partial charge in [0.25, 0.3) is 5.78 Å². The molecule has 152 valence electrons. The second-order valence-electron chi connectivity index (χ2n) is 6.33. The van der Waals surface area contributed by atoms with E-state index in [2.05, 4.69) is 10.2 Å². The number of Topliss-reactive ketones (excluding diaryl/α,β-unsaturated/α-hetero) is 1. The van der Waals surface area contributed by atoms with Crippen LogP contribution in [0.3, 0.4) is 0 Å². The fraction of sp³-hybridized carbons (Fsp3) is 0.100. The Morgan fingerprint density at radius 2 is 1.93 bits per heavy atom. The molecule has 2 aromatic carbocycles. The van der Waals surface area contributed by atoms with Crippen LogP contribution in [0.1, 0.15) is 17.2 Å². The van der Waals surface area contributed by atoms with E-state index in [1.807, 2.05) is 0 Å². The number of methoxy groups -OCH3 is 1. The lowest BCUT2D eigenvalue weighted by molar-refractivity contribution is -0.132. The number of phenols is 1. The molecule has 2 N–H and O–H groups in total. The van der Waals surface area contributed by atoms with Crippen LogP contribution in [0, 0.1) is 5.82 Å². The molecule has 0 radical (unpaired) electrons. The number of nitrogens with zero attached hydrogens (tertiary/aromatic N) is 3. The number of amides is 1. The van der Waals surface area contributed by atoms with Gasteiger partial charge in [0.1, 0.15) is 17.1 Å². The molecule has 0 unspecified atom stereocenters. The molecule has 0 spiro atoms. The largest absolute Gasteiger partial charge is 0.507 e. The summed E-state index contributed by atoms with van der Waals surface area (Å²) in [6.07, 6.45) is 0. The van der Waals surface area contributed by atoms with E-state index in [-0.39, 0.29) is 27.8 Å². The molecule has 1 aliphatic rings. The maximum Gasteiger partial charge on any atom is 0.301 e. The Morgan fingerprint density at radius 1 is 1.20 bits per heavy atom. The number of aromatic hydroxyl groups is 1. The maximum atomic E-state index is 13.3. The number of rotatable bonds is 4. The lowest BCUT2D eigenvalue weighted by Crippen LogP contribution is -2.29. The fourth-order valence-electron chi connectivity index (χ4n) is 3.24. The number of aliphatic hydroxyl groups is 1. The molecule has 1 atom stereocenters. The summed E-state index contributed by atoms with van der Waals surface area (Å²) in [4.78, 5) is 26.9. The highest BCUT2D eigenvalue weighted by molar-refractivity contribution is 7.13. The first-order valence-corrected chi connectivity index (χ1v) is 9.50. The summed E-state index contributed by atoms with van der Waals surface area (Å²) in [5.74, 6) is -2.81. The minimum atomic E-state index is -1.06. The van der Waals surface area contributed by atoms with E-state index >= 15 is 0 Å². The summed E-state index contributed by atoms with van der Waals surface area (Å²) in [5.41, 5.74) is 1.77. The van der Waals surface area contributed by atoms with Crippen molar-refractivity contribution >= 4 is 33.9 Å². The van der Waals surface area contributed by atoms with Gasteiger partial charge in [0.05, 0.1) is 18.7 Å². The number of aliphatic hydroxyl groups excluding tert-OH is 1. The highest BCUT2D eigenvalue weighted by atomic mass is 32.1. The van der Waals surface area contributed by atoms with Crippen molar-refractivity contribution in [2.24, 2.45) is 0 Å². The predicted octanol–water partition coefficient (Wildman–Crippen LogP) is 3.02. The molecule has 0 bridgehead atoms. The Morgan fingerprint density at radius 3 is 2.57 bits per heavy atom. The SMILES string of the molecule is COc1cc([C@H]2C(=C(O)c3ccc(F)cc3)C(=O)C(=O)N2c2nncs2)ccc1O. The van der Waals surface area contributed by atoms with Gasteiger partial charge in [-0.3, -0.25) is 14.5 Å². The number of carbonyl (C=O) groups is 2. The van der Waals surface area contributed by atoms with Crippen molar-refractivity contribution in [1.82, 2.24) is 10.2 Å². The first kappa shape index (κ1) is 19.5. The molecule has 10 heteroatoms. The number of aromatic nitrogens is 2. The summed E-state index contributed by atoms with van der Waals surface area (Å²) in [6.45, 7) is 0. The number of carbonyl (C=O) groups excluding carboxylic acids is 2. The topological polar surface area (TPSA) is 113 Å². The van der Waals surface area contributed by atoms with E-state index in [9.17, 15) is 24.2 Å². The van der Waals surface area contributed by atoms with Gasteiger partial charge < -0.3 is 14.9 Å². The van der Waals surface area contributed by atoms with E-state index in [1.165, 1.54) is 43.0 Å². The van der Waals surface area contributed by atoms with Gasteiger partial charge in [-0.25, -0.2) is 4.39 Å². The third kappa shape index (κ3) is 3.16. The predicted molar refractivity (Wildman–Crippen MR) is 106 cm³/mol. The van der Waals surface area contributed by atoms with Crippen LogP contribution in [0.2, 0.25) is 0 Å². The molecular weight excluding hydrogens is 413 g/mol. The maximum absolute atomic E-state index is 13.3. The van der Waals surface area contributed by atoms with E-state index in [1.54, 1.807) is 0 Å². The van der Waals surface area contributed by atoms with Gasteiger partial charge in [-0.2, -0.15) is 0 Å². The quantitative estimate of drug-likeness (QED) is 0.374. The number of ketones is 1. The van der Waals surface area contributed by atoms with E-state index in [0.717, 1.165) is 28.4 Å². The average Bonchev–Trinajstić information content (AvgIpc) is 3.35. The highest BCUT2D eigenvalue weighted by Gasteiger charge is 2.48. The minimum absolute atomic E-state index is 0.122. The van der Waals surface area contributed by atoms with Crippen molar-refractivity contribution < 1.29 is 28.9 Å². The molecule has 8 nitrogen and oxygen atoms in total. The Kier molecular flexibility index (Phi) is 4.92. The molecular formula is C20H14FN3O5S. The van der Waals surface area contributed by atoms with Crippen molar-refractivity contribution in [3.05, 3.63) is 70.5 Å². The first-order chi connectivity index (χ1) is 14.4. The van der Waals surface area contributed by atoms with Crippen molar-refractivity contribution in [1.29, 1.82) is 0 Å². The van der Waals surface area contributed by atoms with Crippen LogP contribution in [0.15, 0.2) is 53.5 Å². The molecule has 1 saturated heterocycles. The fourth-order valence-corrected chi connectivity index (χ4v) is 3.83. The van der Waals surface area contributed by atoms with Gasteiger partial charge in [0.2, 0.25) is 5.13 Å². The summed E-state index contributed by atoms with van der Waals surface area (Å²) in [5, 5.41) is 28.6. The Hall–Kier alpha value is -3.79. The van der Waals surface area contributed by atoms with Crippen LogP contribution in [0.25, 0.3) is 5.76 Å². The van der Waals surface area contributed by atoms with Gasteiger partial charge in [0.15, 0.2) is 11.5 Å². The molecule has 0 saturated carbocycles. The third-order valence-electron chi connectivity index (χ3n) is 4.64. The number of ether oxygens (including phenoxy) is 1. The summed E-state index contributed by atoms with van der Waals surface area (Å²) in [7, 11) is 1.36. The van der Waals surface area contributed by atoms with Crippen molar-refractivity contribution in [3.8, 4) is 11.5 Å². The molecule has 30 heavy (non-hydrogen) atoms. The van der Waals surface area contributed by atoms with Crippen LogP contribution >= 0.6 is 11.3 Å². The average molecular weight is 427 g/mol. The Bertz CT molecular complexity index is 1160. The number of hydrogen-bond acceptors (Lipinski definition) is 8. The monoisotopic (exact) mass is 427 g/mol. The second kappa shape index (κ2) is 7.56. The molecule has 1 aliphatic heterocycles. The van der Waals surface area contributed by atoms with Crippen LogP contribution in [0.5, 0.6) is 11.5 Å². The van der Waals surface area contributed by atoms with Crippen molar-refractivity contribution in [3.63, 3.8) is 0 Å². The van der Waals surface area contributed by atoms with Crippen molar-refractivity contribution in [2.75, 3.05) is 12.0 Å².